The van der Waals surface area contributed by atoms with Crippen molar-refractivity contribution < 1.29 is 9.59 Å². The van der Waals surface area contributed by atoms with Crippen LogP contribution in [0.15, 0.2) is 40.1 Å². The van der Waals surface area contributed by atoms with E-state index in [1.54, 1.807) is 27.7 Å². The van der Waals surface area contributed by atoms with Gasteiger partial charge in [0.2, 0.25) is 5.91 Å². The average Bonchev–Trinajstić information content (AvgIpc) is 3.41. The molecule has 0 aliphatic carbocycles. The number of primary amides is 1. The van der Waals surface area contributed by atoms with Crippen LogP contribution in [0.5, 0.6) is 0 Å². The molecule has 0 spiro atoms. The second-order valence-corrected chi connectivity index (χ2v) is 8.88. The van der Waals surface area contributed by atoms with Crippen molar-refractivity contribution in [1.82, 2.24) is 9.91 Å². The van der Waals surface area contributed by atoms with Crippen molar-refractivity contribution in [3.05, 3.63) is 44.8 Å². The largest absolute Gasteiger partial charge is 0.369 e. The lowest BCUT2D eigenvalue weighted by atomic mass is 9.96. The molecule has 0 saturated carbocycles. The molecule has 142 valence electrons. The Hall–Kier alpha value is -2.03. The van der Waals surface area contributed by atoms with Crippen molar-refractivity contribution in [3.8, 4) is 0 Å². The van der Waals surface area contributed by atoms with Gasteiger partial charge in [0.25, 0.3) is 5.91 Å². The number of carbonyl (C=O) groups is 2. The maximum Gasteiger partial charge on any atom is 0.257 e. The molecule has 0 aromatic carbocycles. The molecule has 2 aromatic rings. The second-order valence-electron chi connectivity index (χ2n) is 6.95. The van der Waals surface area contributed by atoms with Crippen LogP contribution in [0, 0.1) is 5.92 Å². The van der Waals surface area contributed by atoms with Crippen LogP contribution in [0.1, 0.15) is 35.1 Å². The van der Waals surface area contributed by atoms with Gasteiger partial charge in [-0.15, -0.1) is 22.7 Å². The van der Waals surface area contributed by atoms with E-state index in [1.165, 1.54) is 0 Å². The maximum absolute atomic E-state index is 13.0. The smallest absolute Gasteiger partial charge is 0.257 e. The number of hydrazone groups is 1. The monoisotopic (exact) mass is 402 g/mol. The fourth-order valence-electron chi connectivity index (χ4n) is 3.67. The normalized spacial score (nSPS) is 21.4. The van der Waals surface area contributed by atoms with E-state index in [4.69, 9.17) is 10.8 Å². The fraction of sp³-hybridized carbons (Fsp3) is 0.421. The highest BCUT2D eigenvalue weighted by atomic mass is 32.1. The minimum atomic E-state index is -0.233. The molecule has 4 rings (SSSR count). The third kappa shape index (κ3) is 3.97. The van der Waals surface area contributed by atoms with E-state index in [1.807, 2.05) is 22.9 Å². The molecule has 2 N–H and O–H groups in total. The highest BCUT2D eigenvalue weighted by molar-refractivity contribution is 7.12. The molecule has 1 unspecified atom stereocenters. The summed E-state index contributed by atoms with van der Waals surface area (Å²) >= 11 is 3.31. The lowest BCUT2D eigenvalue weighted by Crippen LogP contribution is -2.43. The van der Waals surface area contributed by atoms with E-state index >= 15 is 0 Å². The molecule has 4 heterocycles. The van der Waals surface area contributed by atoms with Crippen molar-refractivity contribution in [2.75, 3.05) is 19.6 Å². The average molecular weight is 403 g/mol. The number of amides is 2. The molecular weight excluding hydrogens is 380 g/mol. The third-order valence-electron chi connectivity index (χ3n) is 5.19. The quantitative estimate of drug-likeness (QED) is 0.835. The van der Waals surface area contributed by atoms with Gasteiger partial charge in [-0.25, -0.2) is 5.01 Å². The Kier molecular flexibility index (Phi) is 5.38. The first-order chi connectivity index (χ1) is 13.1. The minimum Gasteiger partial charge on any atom is -0.369 e. The van der Waals surface area contributed by atoms with Crippen LogP contribution in [0.25, 0.3) is 0 Å². The zero-order valence-electron chi connectivity index (χ0n) is 14.9. The molecule has 1 fully saturated rings. The van der Waals surface area contributed by atoms with Gasteiger partial charge in [-0.1, -0.05) is 12.1 Å². The molecule has 6 nitrogen and oxygen atoms in total. The topological polar surface area (TPSA) is 79.0 Å². The van der Waals surface area contributed by atoms with Gasteiger partial charge in [0.1, 0.15) is 0 Å². The molecule has 27 heavy (non-hydrogen) atoms. The number of nitrogens with zero attached hydrogens (tertiary/aromatic N) is 3. The summed E-state index contributed by atoms with van der Waals surface area (Å²) in [7, 11) is 0. The SMILES string of the molecule is NC(=O)C1CCN(CC(=O)N2N=C(c3cccs3)CC2c2cccs2)CC1. The van der Waals surface area contributed by atoms with Gasteiger partial charge in [0.05, 0.1) is 23.2 Å². The van der Waals surface area contributed by atoms with E-state index in [0.717, 1.165) is 47.8 Å². The molecule has 2 aromatic heterocycles. The summed E-state index contributed by atoms with van der Waals surface area (Å²) in [6, 6.07) is 8.12. The van der Waals surface area contributed by atoms with E-state index in [-0.39, 0.29) is 23.8 Å². The van der Waals surface area contributed by atoms with Gasteiger partial charge in [-0.05, 0) is 48.8 Å². The zero-order valence-corrected chi connectivity index (χ0v) is 16.5. The van der Waals surface area contributed by atoms with Crippen LogP contribution in [-0.4, -0.2) is 47.1 Å². The van der Waals surface area contributed by atoms with Crippen LogP contribution in [0.2, 0.25) is 0 Å². The second kappa shape index (κ2) is 7.92. The standard InChI is InChI=1S/C19H22N4O2S2/c20-19(25)13-5-7-22(8-6-13)12-18(24)23-15(17-4-2-10-27-17)11-14(21-23)16-3-1-9-26-16/h1-4,9-10,13,15H,5-8,11-12H2,(H2,20,25). The summed E-state index contributed by atoms with van der Waals surface area (Å²) < 4.78 is 0. The molecule has 8 heteroatoms. The van der Waals surface area contributed by atoms with Gasteiger partial charge in [-0.2, -0.15) is 5.10 Å². The summed E-state index contributed by atoms with van der Waals surface area (Å²) in [6.45, 7) is 1.77. The van der Waals surface area contributed by atoms with Crippen LogP contribution in [0.4, 0.5) is 0 Å². The predicted octanol–water partition coefficient (Wildman–Crippen LogP) is 2.68. The summed E-state index contributed by atoms with van der Waals surface area (Å²) in [6.07, 6.45) is 2.19. The summed E-state index contributed by atoms with van der Waals surface area (Å²) in [5.41, 5.74) is 6.38. The number of nitrogens with two attached hydrogens (primary N) is 1. The Morgan fingerprint density at radius 1 is 1.15 bits per heavy atom. The number of hydrogen-bond donors (Lipinski definition) is 1. The van der Waals surface area contributed by atoms with Gasteiger partial charge < -0.3 is 5.73 Å². The first-order valence-corrected chi connectivity index (χ1v) is 10.9. The highest BCUT2D eigenvalue weighted by Crippen LogP contribution is 2.36. The zero-order chi connectivity index (χ0) is 18.8. The number of likely N-dealkylation sites (tertiary alicyclic amines) is 1. The molecule has 2 aliphatic rings. The van der Waals surface area contributed by atoms with Crippen LogP contribution in [-0.2, 0) is 9.59 Å². The van der Waals surface area contributed by atoms with Crippen LogP contribution >= 0.6 is 22.7 Å². The minimum absolute atomic E-state index is 0.0116. The number of thiophene rings is 2. The van der Waals surface area contributed by atoms with E-state index in [9.17, 15) is 9.59 Å². The number of rotatable bonds is 5. The molecule has 1 saturated heterocycles. The number of piperidine rings is 1. The van der Waals surface area contributed by atoms with Crippen molar-refractivity contribution >= 4 is 40.2 Å². The molecule has 2 aliphatic heterocycles. The Morgan fingerprint density at radius 2 is 1.89 bits per heavy atom. The van der Waals surface area contributed by atoms with Crippen LogP contribution < -0.4 is 5.73 Å². The first-order valence-electron chi connectivity index (χ1n) is 9.10. The van der Waals surface area contributed by atoms with E-state index in [0.29, 0.717) is 6.54 Å². The summed E-state index contributed by atoms with van der Waals surface area (Å²) in [5.74, 6) is -0.286. The first kappa shape index (κ1) is 18.3. The van der Waals surface area contributed by atoms with Gasteiger partial charge in [0, 0.05) is 17.2 Å². The Morgan fingerprint density at radius 3 is 2.52 bits per heavy atom. The van der Waals surface area contributed by atoms with Crippen molar-refractivity contribution in [1.29, 1.82) is 0 Å². The lowest BCUT2D eigenvalue weighted by Gasteiger charge is -2.31. The molecule has 0 radical (unpaired) electrons. The summed E-state index contributed by atoms with van der Waals surface area (Å²) in [5, 5.41) is 10.4. The molecule has 1 atom stereocenters. The van der Waals surface area contributed by atoms with Crippen molar-refractivity contribution in [3.63, 3.8) is 0 Å². The fourth-order valence-corrected chi connectivity index (χ4v) is 5.21. The highest BCUT2D eigenvalue weighted by Gasteiger charge is 2.35. The van der Waals surface area contributed by atoms with Crippen LogP contribution in [0.3, 0.4) is 0 Å². The van der Waals surface area contributed by atoms with Gasteiger partial charge in [0.15, 0.2) is 0 Å². The van der Waals surface area contributed by atoms with Gasteiger partial charge >= 0.3 is 0 Å². The number of hydrogen-bond acceptors (Lipinski definition) is 6. The molecular formula is C19H22N4O2S2. The van der Waals surface area contributed by atoms with E-state index < -0.39 is 0 Å². The molecule has 0 bridgehead atoms. The maximum atomic E-state index is 13.0. The predicted molar refractivity (Wildman–Crippen MR) is 108 cm³/mol. The Bertz CT molecular complexity index is 824. The van der Waals surface area contributed by atoms with Gasteiger partial charge in [-0.3, -0.25) is 14.5 Å². The lowest BCUT2D eigenvalue weighted by molar-refractivity contribution is -0.134. The number of carbonyl (C=O) groups excluding carboxylic acids is 2. The third-order valence-corrected chi connectivity index (χ3v) is 7.08. The van der Waals surface area contributed by atoms with Crippen molar-refractivity contribution in [2.45, 2.75) is 25.3 Å². The Labute approximate surface area is 166 Å². The summed E-state index contributed by atoms with van der Waals surface area (Å²) in [4.78, 5) is 28.8. The molecule has 2 amide bonds. The van der Waals surface area contributed by atoms with E-state index in [2.05, 4.69) is 17.0 Å². The van der Waals surface area contributed by atoms with Crippen molar-refractivity contribution in [2.24, 2.45) is 16.8 Å². The Balaban J connectivity index is 1.47.